The van der Waals surface area contributed by atoms with Crippen LogP contribution in [0.3, 0.4) is 0 Å². The van der Waals surface area contributed by atoms with E-state index in [1.807, 2.05) is 0 Å². The Balaban J connectivity index is 1.02. The molecule has 2 aliphatic carbocycles. The number of rotatable bonds is 9. The Labute approximate surface area is 511 Å². The molecule has 0 saturated carbocycles. The number of nitrogens with zero attached hydrogens (tertiary/aromatic N) is 2. The molecule has 2 heteroatoms. The van der Waals surface area contributed by atoms with Crippen LogP contribution < -0.4 is 9.80 Å². The molecule has 0 spiro atoms. The fourth-order valence-electron chi connectivity index (χ4n) is 16.0. The highest BCUT2D eigenvalue weighted by Gasteiger charge is 2.65. The van der Waals surface area contributed by atoms with Gasteiger partial charge in [0.15, 0.2) is 0 Å². The standard InChI is InChI=1S/C86H56N2/c1-3-31-65(32-4-1)85(77-41-21-19-39-75(77)83-73-37-17-15-35-71(73)81(55-79(83)85)87(67-47-43-57-23-7-11-27-61(57)51-67)68-48-44-58-24-8-12-28-62(58)52-68)86(66-33-5-2-6-34-66)78-42-22-20-40-76(78)84-74-38-18-16-36-72(74)82(56-80(84)86)88(69-49-45-59-25-9-13-29-63(59)53-69)70-50-46-60-26-10-14-30-64(60)54-70/h1-56H. The van der Waals surface area contributed by atoms with Gasteiger partial charge in [0.2, 0.25) is 0 Å². The smallest absolute Gasteiger partial charge is 0.0642 e. The van der Waals surface area contributed by atoms with Crippen molar-refractivity contribution in [1.29, 1.82) is 0 Å². The molecule has 16 aromatic carbocycles. The van der Waals surface area contributed by atoms with Crippen molar-refractivity contribution in [3.8, 4) is 22.3 Å². The lowest BCUT2D eigenvalue weighted by Gasteiger charge is -2.51. The summed E-state index contributed by atoms with van der Waals surface area (Å²) < 4.78 is 0. The molecule has 18 rings (SSSR count). The molecule has 2 atom stereocenters. The monoisotopic (exact) mass is 1120 g/mol. The summed E-state index contributed by atoms with van der Waals surface area (Å²) in [6.07, 6.45) is 0. The van der Waals surface area contributed by atoms with Gasteiger partial charge >= 0.3 is 0 Å². The van der Waals surface area contributed by atoms with Gasteiger partial charge in [-0.3, -0.25) is 0 Å². The van der Waals surface area contributed by atoms with Crippen molar-refractivity contribution in [2.24, 2.45) is 0 Å². The summed E-state index contributed by atoms with van der Waals surface area (Å²) in [7, 11) is 0. The number of fused-ring (bicyclic) bond motifs is 14. The Morgan fingerprint density at radius 1 is 0.193 bits per heavy atom. The van der Waals surface area contributed by atoms with E-state index in [1.165, 1.54) is 120 Å². The van der Waals surface area contributed by atoms with Gasteiger partial charge < -0.3 is 9.80 Å². The van der Waals surface area contributed by atoms with E-state index in [0.29, 0.717) is 0 Å². The Bertz CT molecular complexity index is 4990. The average molecular weight is 1120 g/mol. The molecule has 88 heavy (non-hydrogen) atoms. The van der Waals surface area contributed by atoms with E-state index in [2.05, 4.69) is 350 Å². The molecule has 0 saturated heterocycles. The maximum Gasteiger partial charge on any atom is 0.0642 e. The minimum atomic E-state index is -0.934. The van der Waals surface area contributed by atoms with E-state index in [1.54, 1.807) is 0 Å². The molecular formula is C86H56N2. The van der Waals surface area contributed by atoms with Gasteiger partial charge in [0.1, 0.15) is 0 Å². The topological polar surface area (TPSA) is 6.48 Å². The van der Waals surface area contributed by atoms with Crippen LogP contribution >= 0.6 is 0 Å². The quantitative estimate of drug-likeness (QED) is 0.142. The van der Waals surface area contributed by atoms with Crippen LogP contribution in [0.5, 0.6) is 0 Å². The van der Waals surface area contributed by atoms with Gasteiger partial charge in [-0.05, 0) is 170 Å². The summed E-state index contributed by atoms with van der Waals surface area (Å²) in [6, 6.07) is 129. The van der Waals surface area contributed by atoms with Crippen LogP contribution in [0, 0.1) is 0 Å². The van der Waals surface area contributed by atoms with Gasteiger partial charge in [-0.2, -0.15) is 0 Å². The molecule has 0 amide bonds. The Kier molecular flexibility index (Phi) is 11.2. The minimum Gasteiger partial charge on any atom is -0.310 e. The van der Waals surface area contributed by atoms with Crippen molar-refractivity contribution in [3.63, 3.8) is 0 Å². The van der Waals surface area contributed by atoms with E-state index in [4.69, 9.17) is 0 Å². The van der Waals surface area contributed by atoms with Crippen molar-refractivity contribution in [2.75, 3.05) is 9.80 Å². The molecule has 2 aliphatic rings. The zero-order chi connectivity index (χ0) is 57.9. The van der Waals surface area contributed by atoms with Crippen molar-refractivity contribution in [2.45, 2.75) is 10.8 Å². The van der Waals surface area contributed by atoms with E-state index in [9.17, 15) is 0 Å². The molecule has 0 heterocycles. The second-order valence-corrected chi connectivity index (χ2v) is 23.8. The minimum absolute atomic E-state index is 0.934. The van der Waals surface area contributed by atoms with Gasteiger partial charge in [0, 0.05) is 33.5 Å². The van der Waals surface area contributed by atoms with Crippen molar-refractivity contribution in [3.05, 3.63) is 373 Å². The number of hydrogen-bond donors (Lipinski definition) is 0. The molecule has 0 aromatic heterocycles. The van der Waals surface area contributed by atoms with E-state index in [-0.39, 0.29) is 0 Å². The normalized spacial score (nSPS) is 15.6. The van der Waals surface area contributed by atoms with E-state index >= 15 is 0 Å². The predicted octanol–water partition coefficient (Wildman–Crippen LogP) is 22.9. The highest BCUT2D eigenvalue weighted by Crippen LogP contribution is 2.72. The van der Waals surface area contributed by atoms with Crippen LogP contribution in [0.15, 0.2) is 340 Å². The van der Waals surface area contributed by atoms with Gasteiger partial charge in [-0.15, -0.1) is 0 Å². The van der Waals surface area contributed by atoms with E-state index < -0.39 is 10.8 Å². The first-order chi connectivity index (χ1) is 43.6. The third-order valence-corrected chi connectivity index (χ3v) is 19.5. The second kappa shape index (κ2) is 19.6. The molecule has 2 unspecified atom stereocenters. The lowest BCUT2D eigenvalue weighted by atomic mass is 9.49. The van der Waals surface area contributed by atoms with Crippen LogP contribution in [-0.2, 0) is 10.8 Å². The maximum atomic E-state index is 2.62. The fourth-order valence-corrected chi connectivity index (χ4v) is 16.0. The van der Waals surface area contributed by atoms with Gasteiger partial charge in [0.05, 0.1) is 22.2 Å². The highest BCUT2D eigenvalue weighted by atomic mass is 15.2. The van der Waals surface area contributed by atoms with Gasteiger partial charge in [-0.1, -0.05) is 279 Å². The fraction of sp³-hybridized carbons (Fsp3) is 0.0233. The Hall–Kier alpha value is -11.3. The molecule has 0 bridgehead atoms. The first-order valence-corrected chi connectivity index (χ1v) is 30.6. The first kappa shape index (κ1) is 50.0. The number of benzene rings is 16. The van der Waals surface area contributed by atoms with Crippen LogP contribution in [0.2, 0.25) is 0 Å². The summed E-state index contributed by atoms with van der Waals surface area (Å²) in [5, 5.41) is 14.3. The predicted molar refractivity (Wildman–Crippen MR) is 371 cm³/mol. The molecule has 0 aliphatic heterocycles. The zero-order valence-electron chi connectivity index (χ0n) is 48.2. The first-order valence-electron chi connectivity index (χ1n) is 30.6. The summed E-state index contributed by atoms with van der Waals surface area (Å²) in [5.74, 6) is 0. The third-order valence-electron chi connectivity index (χ3n) is 19.5. The largest absolute Gasteiger partial charge is 0.310 e. The molecule has 16 aromatic rings. The molecule has 0 N–H and O–H groups in total. The molecule has 0 fully saturated rings. The van der Waals surface area contributed by atoms with Gasteiger partial charge in [-0.25, -0.2) is 0 Å². The second-order valence-electron chi connectivity index (χ2n) is 23.8. The lowest BCUT2D eigenvalue weighted by Crippen LogP contribution is -2.50. The van der Waals surface area contributed by atoms with Crippen molar-refractivity contribution < 1.29 is 0 Å². The highest BCUT2D eigenvalue weighted by molar-refractivity contribution is 6.15. The van der Waals surface area contributed by atoms with Crippen molar-refractivity contribution in [1.82, 2.24) is 0 Å². The summed E-state index contributed by atoms with van der Waals surface area (Å²) in [5.41, 5.74) is 17.2. The van der Waals surface area contributed by atoms with Crippen LogP contribution in [0.25, 0.3) is 86.9 Å². The lowest BCUT2D eigenvalue weighted by molar-refractivity contribution is 0.438. The molecule has 2 nitrogen and oxygen atoms in total. The molecule has 0 radical (unpaired) electrons. The Morgan fingerprint density at radius 3 is 0.807 bits per heavy atom. The molecule has 410 valence electrons. The van der Waals surface area contributed by atoms with Crippen LogP contribution in [0.1, 0.15) is 33.4 Å². The zero-order valence-corrected chi connectivity index (χ0v) is 48.2. The Morgan fingerprint density at radius 2 is 0.466 bits per heavy atom. The van der Waals surface area contributed by atoms with Gasteiger partial charge in [0.25, 0.3) is 0 Å². The maximum absolute atomic E-state index is 2.62. The summed E-state index contributed by atoms with van der Waals surface area (Å²) >= 11 is 0. The summed E-state index contributed by atoms with van der Waals surface area (Å²) in [4.78, 5) is 5.09. The number of hydrogen-bond acceptors (Lipinski definition) is 2. The van der Waals surface area contributed by atoms with E-state index in [0.717, 1.165) is 34.1 Å². The third kappa shape index (κ3) is 7.18. The average Bonchev–Trinajstić information content (AvgIpc) is 1.46. The summed E-state index contributed by atoms with van der Waals surface area (Å²) in [6.45, 7) is 0. The number of anilines is 6. The van der Waals surface area contributed by atoms with Crippen molar-refractivity contribution >= 4 is 98.8 Å². The van der Waals surface area contributed by atoms with Crippen LogP contribution in [-0.4, -0.2) is 0 Å². The van der Waals surface area contributed by atoms with Crippen LogP contribution in [0.4, 0.5) is 34.1 Å². The molecular weight excluding hydrogens is 1060 g/mol. The SMILES string of the molecule is c1ccc(C2(C3(c4ccccc4)c4ccccc4-c4c3cc(N(c3ccc5ccccc5c3)c3ccc5ccccc5c3)c3ccccc43)c3ccccc3-c3c2cc(N(c2ccc4ccccc4c2)c2ccc4ccccc4c2)c2ccccc32)cc1.